The van der Waals surface area contributed by atoms with Crippen LogP contribution in [0.4, 0.5) is 11.4 Å². The van der Waals surface area contributed by atoms with Gasteiger partial charge in [-0.25, -0.2) is 9.69 Å². The number of benzene rings is 3. The van der Waals surface area contributed by atoms with Crippen molar-refractivity contribution in [2.24, 2.45) is 5.92 Å². The third-order valence-electron chi connectivity index (χ3n) is 7.59. The van der Waals surface area contributed by atoms with Gasteiger partial charge in [0.15, 0.2) is 0 Å². The summed E-state index contributed by atoms with van der Waals surface area (Å²) in [6.07, 6.45) is 0. The number of methoxy groups -OCH3 is 1. The van der Waals surface area contributed by atoms with Crippen molar-refractivity contribution >= 4 is 69.8 Å². The third-order valence-corrected chi connectivity index (χ3v) is 10.4. The zero-order valence-corrected chi connectivity index (χ0v) is 26.4. The SMILES string of the molecule is CCOC(=O)c1ccc(N2C(=O)C3Sc4c(sc(=O)n4CC(=O)Nc4ccc(OC)cc4)[C@H](c4ccc(Cl)cc4)C3C2=O)cc1. The number of fused-ring (bicyclic) bond motifs is 2. The molecule has 6 rings (SSSR count). The molecule has 1 aromatic heterocycles. The van der Waals surface area contributed by atoms with Crippen molar-refractivity contribution in [3.05, 3.63) is 103 Å². The highest BCUT2D eigenvalue weighted by atomic mass is 35.5. The Hall–Kier alpha value is -4.39. The van der Waals surface area contributed by atoms with Crippen LogP contribution in [0, 0.1) is 5.92 Å². The number of thioether (sulfide) groups is 1. The number of ether oxygens (including phenoxy) is 2. The van der Waals surface area contributed by atoms with E-state index < -0.39 is 40.8 Å². The fraction of sp³-hybridized carbons (Fsp3) is 0.219. The van der Waals surface area contributed by atoms with E-state index in [0.717, 1.165) is 28.0 Å². The van der Waals surface area contributed by atoms with Crippen LogP contribution >= 0.6 is 34.7 Å². The van der Waals surface area contributed by atoms with Crippen LogP contribution in [0.25, 0.3) is 0 Å². The maximum absolute atomic E-state index is 14.1. The highest BCUT2D eigenvalue weighted by Gasteiger charge is 2.56. The lowest BCUT2D eigenvalue weighted by Gasteiger charge is -2.30. The molecule has 3 heterocycles. The molecule has 0 radical (unpaired) electrons. The quantitative estimate of drug-likeness (QED) is 0.202. The number of nitrogens with one attached hydrogen (secondary N) is 1. The van der Waals surface area contributed by atoms with E-state index in [4.69, 9.17) is 21.1 Å². The summed E-state index contributed by atoms with van der Waals surface area (Å²) in [6, 6.07) is 19.8. The summed E-state index contributed by atoms with van der Waals surface area (Å²) < 4.78 is 11.6. The van der Waals surface area contributed by atoms with Gasteiger partial charge >= 0.3 is 10.8 Å². The van der Waals surface area contributed by atoms with Crippen molar-refractivity contribution in [2.45, 2.75) is 29.7 Å². The number of aromatic nitrogens is 1. The maximum atomic E-state index is 14.1. The molecular formula is C32H26ClN3O7S2. The number of anilines is 2. The van der Waals surface area contributed by atoms with Crippen LogP contribution in [0.15, 0.2) is 82.6 Å². The van der Waals surface area contributed by atoms with Crippen molar-refractivity contribution in [1.29, 1.82) is 0 Å². The molecule has 3 aromatic carbocycles. The minimum absolute atomic E-state index is 0.217. The Bertz CT molecular complexity index is 1850. The van der Waals surface area contributed by atoms with E-state index in [2.05, 4.69) is 5.32 Å². The Balaban J connectivity index is 1.35. The second kappa shape index (κ2) is 12.5. The lowest BCUT2D eigenvalue weighted by molar-refractivity contribution is -0.122. The molecule has 3 amide bonds. The molecule has 0 saturated carbocycles. The second-order valence-electron chi connectivity index (χ2n) is 10.3. The van der Waals surface area contributed by atoms with Crippen LogP contribution in [-0.4, -0.2) is 47.2 Å². The summed E-state index contributed by atoms with van der Waals surface area (Å²) in [6.45, 7) is 1.64. The number of amides is 3. The van der Waals surface area contributed by atoms with Crippen LogP contribution in [0.1, 0.15) is 33.6 Å². The van der Waals surface area contributed by atoms with E-state index in [0.29, 0.717) is 43.2 Å². The number of hydrogen-bond acceptors (Lipinski definition) is 9. The number of carbonyl (C=O) groups is 4. The molecule has 3 atom stereocenters. The van der Waals surface area contributed by atoms with E-state index in [9.17, 15) is 24.0 Å². The van der Waals surface area contributed by atoms with E-state index in [1.165, 1.54) is 28.8 Å². The van der Waals surface area contributed by atoms with E-state index in [1.807, 2.05) is 0 Å². The molecule has 2 aliphatic rings. The number of hydrogen-bond donors (Lipinski definition) is 1. The largest absolute Gasteiger partial charge is 0.497 e. The van der Waals surface area contributed by atoms with Gasteiger partial charge in [-0.3, -0.25) is 23.7 Å². The molecule has 0 spiro atoms. The molecule has 2 aliphatic heterocycles. The normalized spacial score (nSPS) is 18.7. The smallest absolute Gasteiger partial charge is 0.338 e. The standard InChI is InChI=1S/C32H26ClN3O7S2/c1-3-43-31(40)18-6-12-21(13-7-18)36-28(38)25-24(17-4-8-19(33)9-5-17)27-30(44-26(25)29(36)39)35(32(41)45-27)16-23(37)34-20-10-14-22(42-2)15-11-20/h4-15,24-26H,3,16H2,1-2H3,(H,34,37)/t24-,25?,26?/m1/s1. The monoisotopic (exact) mass is 663 g/mol. The molecule has 1 saturated heterocycles. The highest BCUT2D eigenvalue weighted by molar-refractivity contribution is 8.00. The topological polar surface area (TPSA) is 124 Å². The summed E-state index contributed by atoms with van der Waals surface area (Å²) in [5.74, 6) is -2.62. The summed E-state index contributed by atoms with van der Waals surface area (Å²) in [5.41, 5.74) is 1.87. The number of nitrogens with zero attached hydrogens (tertiary/aromatic N) is 2. The van der Waals surface area contributed by atoms with Crippen LogP contribution < -0.4 is 19.8 Å². The minimum atomic E-state index is -0.861. The van der Waals surface area contributed by atoms with Crippen LogP contribution in [0.2, 0.25) is 5.02 Å². The summed E-state index contributed by atoms with van der Waals surface area (Å²) >= 11 is 8.25. The first-order chi connectivity index (χ1) is 21.7. The molecule has 0 bridgehead atoms. The fourth-order valence-corrected chi connectivity index (χ4v) is 8.42. The average molecular weight is 664 g/mol. The Labute approximate surface area is 270 Å². The molecule has 0 aliphatic carbocycles. The first kappa shape index (κ1) is 30.6. The number of carbonyl (C=O) groups excluding carboxylic acids is 4. The molecule has 10 nitrogen and oxygen atoms in total. The Kier molecular flexibility index (Phi) is 8.54. The molecule has 4 aromatic rings. The van der Waals surface area contributed by atoms with Crippen molar-refractivity contribution in [1.82, 2.24) is 4.57 Å². The van der Waals surface area contributed by atoms with Gasteiger partial charge in [-0.2, -0.15) is 0 Å². The minimum Gasteiger partial charge on any atom is -0.497 e. The maximum Gasteiger partial charge on any atom is 0.338 e. The zero-order valence-electron chi connectivity index (χ0n) is 24.0. The molecule has 45 heavy (non-hydrogen) atoms. The predicted octanol–water partition coefficient (Wildman–Crippen LogP) is 5.18. The number of halogens is 1. The Morgan fingerprint density at radius 2 is 1.62 bits per heavy atom. The average Bonchev–Trinajstić information content (AvgIpc) is 3.48. The van der Waals surface area contributed by atoms with Gasteiger partial charge in [-0.15, -0.1) is 0 Å². The lowest BCUT2D eigenvalue weighted by atomic mass is 9.83. The van der Waals surface area contributed by atoms with Crippen molar-refractivity contribution in [2.75, 3.05) is 23.9 Å². The van der Waals surface area contributed by atoms with E-state index >= 15 is 0 Å². The van der Waals surface area contributed by atoms with Crippen molar-refractivity contribution < 1.29 is 28.7 Å². The lowest BCUT2D eigenvalue weighted by Crippen LogP contribution is -2.33. The second-order valence-corrected chi connectivity index (χ2v) is 12.8. The van der Waals surface area contributed by atoms with Crippen LogP contribution in [0.3, 0.4) is 0 Å². The number of thiazole rings is 1. The predicted molar refractivity (Wildman–Crippen MR) is 172 cm³/mol. The highest BCUT2D eigenvalue weighted by Crippen LogP contribution is 2.54. The molecule has 1 N–H and O–H groups in total. The van der Waals surface area contributed by atoms with Gasteiger partial charge in [0.2, 0.25) is 17.7 Å². The van der Waals surface area contributed by atoms with Gasteiger partial charge in [0, 0.05) is 21.5 Å². The van der Waals surface area contributed by atoms with Crippen molar-refractivity contribution in [3.63, 3.8) is 0 Å². The molecule has 1 fully saturated rings. The summed E-state index contributed by atoms with van der Waals surface area (Å²) in [7, 11) is 1.54. The summed E-state index contributed by atoms with van der Waals surface area (Å²) in [5, 5.41) is 2.90. The van der Waals surface area contributed by atoms with Gasteiger partial charge in [-0.1, -0.05) is 46.8 Å². The van der Waals surface area contributed by atoms with E-state index in [1.54, 1.807) is 62.6 Å². The molecular weight excluding hydrogens is 638 g/mol. The first-order valence-electron chi connectivity index (χ1n) is 13.9. The molecule has 230 valence electrons. The number of imide groups is 1. The van der Waals surface area contributed by atoms with Crippen molar-refractivity contribution in [3.8, 4) is 5.75 Å². The van der Waals surface area contributed by atoms with Gasteiger partial charge < -0.3 is 14.8 Å². The molecule has 13 heteroatoms. The third kappa shape index (κ3) is 5.76. The Morgan fingerprint density at radius 1 is 0.933 bits per heavy atom. The summed E-state index contributed by atoms with van der Waals surface area (Å²) in [4.78, 5) is 68.0. The number of rotatable bonds is 8. The van der Waals surface area contributed by atoms with E-state index in [-0.39, 0.29) is 18.0 Å². The number of esters is 1. The van der Waals surface area contributed by atoms with Gasteiger partial charge in [0.05, 0.1) is 35.9 Å². The van der Waals surface area contributed by atoms with Gasteiger partial charge in [0.25, 0.3) is 0 Å². The molecule has 2 unspecified atom stereocenters. The first-order valence-corrected chi connectivity index (χ1v) is 16.0. The fourth-order valence-electron chi connectivity index (χ4n) is 5.52. The zero-order chi connectivity index (χ0) is 31.8. The van der Waals surface area contributed by atoms with Gasteiger partial charge in [0.1, 0.15) is 17.5 Å². The van der Waals surface area contributed by atoms with Gasteiger partial charge in [-0.05, 0) is 73.2 Å². The Morgan fingerprint density at radius 3 is 2.27 bits per heavy atom. The van der Waals surface area contributed by atoms with Crippen LogP contribution in [0.5, 0.6) is 5.75 Å². The van der Waals surface area contributed by atoms with Crippen LogP contribution in [-0.2, 0) is 25.7 Å².